The van der Waals surface area contributed by atoms with Gasteiger partial charge in [0.25, 0.3) is 0 Å². The average Bonchev–Trinajstić information content (AvgIpc) is 2.01. The number of ether oxygens (including phenoxy) is 1. The fourth-order valence-corrected chi connectivity index (χ4v) is 1.34. The molecule has 0 saturated carbocycles. The number of benzene rings is 1. The molecule has 0 aliphatic heterocycles. The van der Waals surface area contributed by atoms with Gasteiger partial charge >= 0.3 is 0 Å². The van der Waals surface area contributed by atoms with Gasteiger partial charge in [-0.2, -0.15) is 0 Å². The van der Waals surface area contributed by atoms with Gasteiger partial charge in [-0.3, -0.25) is 4.79 Å². The molecule has 0 radical (unpaired) electrons. The Kier molecular flexibility index (Phi) is 3.09. The highest BCUT2D eigenvalue weighted by molar-refractivity contribution is 5.98. The fourth-order valence-electron chi connectivity index (χ4n) is 1.34. The molecule has 0 aliphatic rings. The summed E-state index contributed by atoms with van der Waals surface area (Å²) in [5, 5.41) is 18.6. The van der Waals surface area contributed by atoms with Crippen molar-refractivity contribution >= 4 is 5.78 Å². The molecule has 2 N–H and O–H groups in total. The van der Waals surface area contributed by atoms with Crippen LogP contribution in [0.1, 0.15) is 22.8 Å². The molecule has 4 nitrogen and oxygen atoms in total. The second kappa shape index (κ2) is 4.11. The van der Waals surface area contributed by atoms with E-state index in [1.54, 1.807) is 0 Å². The molecule has 14 heavy (non-hydrogen) atoms. The SMILES string of the molecule is COCc1cc(O)cc(O)c1C(C)=O. The van der Waals surface area contributed by atoms with Crippen molar-refractivity contribution in [2.75, 3.05) is 7.11 Å². The number of carbonyl (C=O) groups is 1. The van der Waals surface area contributed by atoms with Gasteiger partial charge in [0.05, 0.1) is 12.2 Å². The predicted octanol–water partition coefficient (Wildman–Crippen LogP) is 1.45. The van der Waals surface area contributed by atoms with E-state index in [1.807, 2.05) is 0 Å². The topological polar surface area (TPSA) is 66.8 Å². The fraction of sp³-hybridized carbons (Fsp3) is 0.300. The number of carbonyl (C=O) groups excluding carboxylic acids is 1. The largest absolute Gasteiger partial charge is 0.508 e. The third-order valence-corrected chi connectivity index (χ3v) is 1.84. The molecule has 0 unspecified atom stereocenters. The van der Waals surface area contributed by atoms with E-state index in [9.17, 15) is 15.0 Å². The second-order valence-electron chi connectivity index (χ2n) is 2.99. The van der Waals surface area contributed by atoms with E-state index in [4.69, 9.17) is 4.74 Å². The number of rotatable bonds is 3. The zero-order valence-electron chi connectivity index (χ0n) is 8.07. The monoisotopic (exact) mass is 196 g/mol. The normalized spacial score (nSPS) is 10.1. The lowest BCUT2D eigenvalue weighted by Gasteiger charge is -2.08. The lowest BCUT2D eigenvalue weighted by molar-refractivity contribution is 0.101. The number of aromatic hydroxyl groups is 2. The van der Waals surface area contributed by atoms with Crippen molar-refractivity contribution < 1.29 is 19.7 Å². The van der Waals surface area contributed by atoms with E-state index in [0.717, 1.165) is 6.07 Å². The molecule has 0 atom stereocenters. The summed E-state index contributed by atoms with van der Waals surface area (Å²) in [6.07, 6.45) is 0. The van der Waals surface area contributed by atoms with Crippen molar-refractivity contribution in [3.05, 3.63) is 23.3 Å². The van der Waals surface area contributed by atoms with E-state index in [2.05, 4.69) is 0 Å². The van der Waals surface area contributed by atoms with Gasteiger partial charge in [0.2, 0.25) is 0 Å². The van der Waals surface area contributed by atoms with Gasteiger partial charge in [-0.25, -0.2) is 0 Å². The third-order valence-electron chi connectivity index (χ3n) is 1.84. The summed E-state index contributed by atoms with van der Waals surface area (Å²) in [6, 6.07) is 2.54. The minimum atomic E-state index is -0.255. The Balaban J connectivity index is 3.28. The van der Waals surface area contributed by atoms with Crippen LogP contribution >= 0.6 is 0 Å². The molecule has 0 amide bonds. The van der Waals surface area contributed by atoms with Gasteiger partial charge in [0.15, 0.2) is 5.78 Å². The molecule has 0 bridgehead atoms. The first-order chi connectivity index (χ1) is 6.56. The highest BCUT2D eigenvalue weighted by Gasteiger charge is 2.13. The van der Waals surface area contributed by atoms with Gasteiger partial charge in [0, 0.05) is 13.2 Å². The Morgan fingerprint density at radius 3 is 2.57 bits per heavy atom. The molecule has 0 aliphatic carbocycles. The van der Waals surface area contributed by atoms with E-state index in [-0.39, 0.29) is 29.5 Å². The molecule has 4 heteroatoms. The Bertz CT molecular complexity index is 357. The number of Topliss-reactive ketones (excluding diaryl/α,β-unsaturated/α-hetero) is 1. The van der Waals surface area contributed by atoms with Crippen molar-refractivity contribution in [3.8, 4) is 11.5 Å². The quantitative estimate of drug-likeness (QED) is 0.718. The number of methoxy groups -OCH3 is 1. The van der Waals surface area contributed by atoms with Crippen molar-refractivity contribution in [1.82, 2.24) is 0 Å². The Morgan fingerprint density at radius 2 is 2.07 bits per heavy atom. The number of hydrogen-bond acceptors (Lipinski definition) is 4. The Morgan fingerprint density at radius 1 is 1.43 bits per heavy atom. The van der Waals surface area contributed by atoms with Crippen molar-refractivity contribution in [3.63, 3.8) is 0 Å². The summed E-state index contributed by atoms with van der Waals surface area (Å²) in [4.78, 5) is 11.2. The van der Waals surface area contributed by atoms with Gasteiger partial charge < -0.3 is 14.9 Å². The number of ketones is 1. The average molecular weight is 196 g/mol. The van der Waals surface area contributed by atoms with E-state index in [1.165, 1.54) is 20.1 Å². The van der Waals surface area contributed by atoms with Crippen molar-refractivity contribution in [2.24, 2.45) is 0 Å². The molecular formula is C10H12O4. The molecule has 0 heterocycles. The molecule has 0 saturated heterocycles. The summed E-state index contributed by atoms with van der Waals surface area (Å²) in [5.41, 5.74) is 0.683. The van der Waals surface area contributed by atoms with Gasteiger partial charge in [-0.1, -0.05) is 0 Å². The first kappa shape index (κ1) is 10.5. The maximum atomic E-state index is 11.2. The minimum Gasteiger partial charge on any atom is -0.508 e. The number of phenolic OH excluding ortho intramolecular Hbond substituents is 2. The summed E-state index contributed by atoms with van der Waals surface area (Å²) in [6.45, 7) is 1.53. The van der Waals surface area contributed by atoms with Crippen LogP contribution in [-0.2, 0) is 11.3 Å². The maximum absolute atomic E-state index is 11.2. The maximum Gasteiger partial charge on any atom is 0.163 e. The highest BCUT2D eigenvalue weighted by Crippen LogP contribution is 2.27. The van der Waals surface area contributed by atoms with E-state index < -0.39 is 0 Å². The summed E-state index contributed by atoms with van der Waals surface area (Å²) in [5.74, 6) is -0.557. The first-order valence-corrected chi connectivity index (χ1v) is 4.11. The van der Waals surface area contributed by atoms with Gasteiger partial charge in [-0.15, -0.1) is 0 Å². The van der Waals surface area contributed by atoms with Crippen LogP contribution in [-0.4, -0.2) is 23.1 Å². The standard InChI is InChI=1S/C10H12O4/c1-6(11)10-7(5-14-2)3-8(12)4-9(10)13/h3-4,12-13H,5H2,1-2H3. The van der Waals surface area contributed by atoms with Gasteiger partial charge in [-0.05, 0) is 18.6 Å². The van der Waals surface area contributed by atoms with Crippen LogP contribution in [0.4, 0.5) is 0 Å². The second-order valence-corrected chi connectivity index (χ2v) is 2.99. The minimum absolute atomic E-state index is 0.0837. The van der Waals surface area contributed by atoms with E-state index in [0.29, 0.717) is 5.56 Å². The van der Waals surface area contributed by atoms with Crippen molar-refractivity contribution in [2.45, 2.75) is 13.5 Å². The van der Waals surface area contributed by atoms with Crippen LogP contribution in [0.2, 0.25) is 0 Å². The molecular weight excluding hydrogens is 184 g/mol. The van der Waals surface area contributed by atoms with E-state index >= 15 is 0 Å². The Hall–Kier alpha value is -1.55. The summed E-state index contributed by atoms with van der Waals surface area (Å²) >= 11 is 0. The Labute approximate surface area is 81.8 Å². The molecule has 1 aromatic carbocycles. The van der Waals surface area contributed by atoms with Crippen LogP contribution in [0.3, 0.4) is 0 Å². The van der Waals surface area contributed by atoms with Crippen molar-refractivity contribution in [1.29, 1.82) is 0 Å². The van der Waals surface area contributed by atoms with Crippen LogP contribution in [0, 0.1) is 0 Å². The van der Waals surface area contributed by atoms with Crippen LogP contribution < -0.4 is 0 Å². The first-order valence-electron chi connectivity index (χ1n) is 4.11. The smallest absolute Gasteiger partial charge is 0.163 e. The highest BCUT2D eigenvalue weighted by atomic mass is 16.5. The summed E-state index contributed by atoms with van der Waals surface area (Å²) in [7, 11) is 1.48. The zero-order valence-corrected chi connectivity index (χ0v) is 8.07. The lowest BCUT2D eigenvalue weighted by atomic mass is 10.0. The predicted molar refractivity (Wildman–Crippen MR) is 50.5 cm³/mol. The third kappa shape index (κ3) is 2.03. The molecule has 1 rings (SSSR count). The number of phenols is 2. The van der Waals surface area contributed by atoms with Crippen LogP contribution in [0.5, 0.6) is 11.5 Å². The zero-order chi connectivity index (χ0) is 10.7. The molecule has 1 aromatic rings. The molecule has 76 valence electrons. The molecule has 0 fully saturated rings. The van der Waals surface area contributed by atoms with Crippen LogP contribution in [0.25, 0.3) is 0 Å². The van der Waals surface area contributed by atoms with Gasteiger partial charge in [0.1, 0.15) is 11.5 Å². The van der Waals surface area contributed by atoms with Crippen LogP contribution in [0.15, 0.2) is 12.1 Å². The summed E-state index contributed by atoms with van der Waals surface area (Å²) < 4.78 is 4.85. The molecule has 0 aromatic heterocycles. The molecule has 0 spiro atoms. The number of hydrogen-bond donors (Lipinski definition) is 2. The lowest BCUT2D eigenvalue weighted by Crippen LogP contribution is -2.01.